The van der Waals surface area contributed by atoms with Gasteiger partial charge in [-0.2, -0.15) is 0 Å². The van der Waals surface area contributed by atoms with Gasteiger partial charge in [0.1, 0.15) is 28.5 Å². The fourth-order valence-corrected chi connectivity index (χ4v) is 3.29. The molecule has 164 valence electrons. The fraction of sp³-hybridized carbons (Fsp3) is 0.174. The van der Waals surface area contributed by atoms with Gasteiger partial charge < -0.3 is 15.4 Å². The van der Waals surface area contributed by atoms with E-state index in [1.807, 2.05) is 0 Å². The molecule has 1 fully saturated rings. The number of anilines is 2. The molecule has 9 heteroatoms. The number of rotatable bonds is 6. The van der Waals surface area contributed by atoms with Gasteiger partial charge in [0.25, 0.3) is 0 Å². The van der Waals surface area contributed by atoms with Crippen LogP contribution in [0.25, 0.3) is 0 Å². The number of halogens is 2. The van der Waals surface area contributed by atoms with Gasteiger partial charge in [-0.15, -0.1) is 12.6 Å². The van der Waals surface area contributed by atoms with E-state index in [4.69, 9.17) is 4.74 Å². The van der Waals surface area contributed by atoms with Crippen LogP contribution in [0.1, 0.15) is 18.5 Å². The highest BCUT2D eigenvalue weighted by Gasteiger charge is 2.56. The number of carbonyl (C=O) groups is 2. The number of amides is 2. The van der Waals surface area contributed by atoms with Crippen LogP contribution in [0.2, 0.25) is 0 Å². The lowest BCUT2D eigenvalue weighted by molar-refractivity contribution is -0.131. The van der Waals surface area contributed by atoms with Crippen molar-refractivity contribution in [3.05, 3.63) is 72.1 Å². The predicted octanol–water partition coefficient (Wildman–Crippen LogP) is 5.11. The number of aromatic nitrogens is 1. The predicted molar refractivity (Wildman–Crippen MR) is 118 cm³/mol. The molecule has 0 spiro atoms. The van der Waals surface area contributed by atoms with Gasteiger partial charge in [-0.05, 0) is 56.2 Å². The molecule has 2 amide bonds. The zero-order chi connectivity index (χ0) is 22.9. The first-order valence-corrected chi connectivity index (χ1v) is 10.2. The number of nitrogens with one attached hydrogen (secondary N) is 2. The Morgan fingerprint density at radius 2 is 1.72 bits per heavy atom. The molecular formula is C23H19F2N3O3S. The second-order valence-corrected chi connectivity index (χ2v) is 7.93. The van der Waals surface area contributed by atoms with Crippen molar-refractivity contribution in [2.45, 2.75) is 24.7 Å². The summed E-state index contributed by atoms with van der Waals surface area (Å²) in [7, 11) is 0. The Balaban J connectivity index is 1.44. The Kier molecular flexibility index (Phi) is 5.84. The van der Waals surface area contributed by atoms with Crippen molar-refractivity contribution in [1.82, 2.24) is 4.98 Å². The van der Waals surface area contributed by atoms with Gasteiger partial charge in [-0.1, -0.05) is 0 Å². The lowest BCUT2D eigenvalue weighted by Gasteiger charge is -2.16. The molecule has 1 aliphatic carbocycles. The van der Waals surface area contributed by atoms with Crippen LogP contribution in [0.3, 0.4) is 0 Å². The van der Waals surface area contributed by atoms with Crippen LogP contribution in [0.5, 0.6) is 11.5 Å². The topological polar surface area (TPSA) is 80.3 Å². The maximum Gasteiger partial charge on any atom is 0.240 e. The second-order valence-electron chi connectivity index (χ2n) is 7.48. The van der Waals surface area contributed by atoms with Crippen LogP contribution in [0, 0.1) is 24.0 Å². The van der Waals surface area contributed by atoms with E-state index < -0.39 is 28.9 Å². The summed E-state index contributed by atoms with van der Waals surface area (Å²) in [5, 5.41) is 5.09. The van der Waals surface area contributed by atoms with Crippen LogP contribution < -0.4 is 15.4 Å². The van der Waals surface area contributed by atoms with E-state index in [1.165, 1.54) is 36.4 Å². The van der Waals surface area contributed by atoms with Crippen LogP contribution >= 0.6 is 12.6 Å². The van der Waals surface area contributed by atoms with E-state index >= 15 is 0 Å². The monoisotopic (exact) mass is 455 g/mol. The summed E-state index contributed by atoms with van der Waals surface area (Å²) in [6.45, 7) is 1.77. The molecule has 32 heavy (non-hydrogen) atoms. The molecule has 0 radical (unpaired) electrons. The first-order chi connectivity index (χ1) is 15.3. The number of carbonyl (C=O) groups excluding carboxylic acids is 2. The number of hydrogen-bond donors (Lipinski definition) is 3. The Morgan fingerprint density at radius 1 is 1.03 bits per heavy atom. The van der Waals surface area contributed by atoms with Crippen molar-refractivity contribution >= 4 is 35.8 Å². The smallest absolute Gasteiger partial charge is 0.240 e. The first kappa shape index (κ1) is 21.8. The summed E-state index contributed by atoms with van der Waals surface area (Å²) in [5.41, 5.74) is -0.312. The third-order valence-corrected chi connectivity index (χ3v) is 5.75. The number of thiol groups is 1. The maximum atomic E-state index is 14.6. The van der Waals surface area contributed by atoms with Crippen molar-refractivity contribution in [3.8, 4) is 11.5 Å². The lowest BCUT2D eigenvalue weighted by Crippen LogP contribution is -2.35. The van der Waals surface area contributed by atoms with Gasteiger partial charge in [0.05, 0.1) is 16.3 Å². The standard InChI is InChI=1S/C23H19F2N3O3S/c1-13-20(32)19(8-11-26-13)31-16-6-7-18(17(25)12-16)28-22(30)23(9-10-23)21(29)27-15-4-2-14(24)3-5-15/h2-8,11-12,32H,9-10H2,1H3,(H,27,29)(H,28,30). The molecule has 1 saturated carbocycles. The quantitative estimate of drug-likeness (QED) is 0.357. The van der Waals surface area contributed by atoms with E-state index in [0.717, 1.165) is 6.07 Å². The SMILES string of the molecule is Cc1nccc(Oc2ccc(NC(=O)C3(C(=O)Nc4ccc(F)cc4)CC3)c(F)c2)c1S. The molecule has 4 rings (SSSR count). The highest BCUT2D eigenvalue weighted by Crippen LogP contribution is 2.47. The Labute approximate surface area is 188 Å². The first-order valence-electron chi connectivity index (χ1n) is 9.79. The van der Waals surface area contributed by atoms with E-state index in [-0.39, 0.29) is 11.4 Å². The van der Waals surface area contributed by atoms with Crippen LogP contribution in [-0.2, 0) is 9.59 Å². The van der Waals surface area contributed by atoms with Crippen molar-refractivity contribution in [2.75, 3.05) is 10.6 Å². The number of benzene rings is 2. The minimum absolute atomic E-state index is 0.0692. The number of ether oxygens (including phenoxy) is 1. The fourth-order valence-electron chi connectivity index (χ4n) is 3.11. The molecule has 0 aliphatic heterocycles. The second kappa shape index (κ2) is 8.58. The lowest BCUT2D eigenvalue weighted by atomic mass is 10.0. The Hall–Kier alpha value is -3.46. The largest absolute Gasteiger partial charge is 0.456 e. The van der Waals surface area contributed by atoms with Gasteiger partial charge >= 0.3 is 0 Å². The molecular weight excluding hydrogens is 436 g/mol. The minimum atomic E-state index is -1.29. The Bertz CT molecular complexity index is 1200. The van der Waals surface area contributed by atoms with Crippen LogP contribution in [-0.4, -0.2) is 16.8 Å². The molecule has 0 bridgehead atoms. The third kappa shape index (κ3) is 4.43. The van der Waals surface area contributed by atoms with Gasteiger partial charge in [0, 0.05) is 24.0 Å². The van der Waals surface area contributed by atoms with Crippen molar-refractivity contribution < 1.29 is 23.1 Å². The maximum absolute atomic E-state index is 14.6. The van der Waals surface area contributed by atoms with E-state index in [2.05, 4.69) is 28.2 Å². The summed E-state index contributed by atoms with van der Waals surface area (Å²) in [4.78, 5) is 30.0. The number of nitrogens with zero attached hydrogens (tertiary/aromatic N) is 1. The summed E-state index contributed by atoms with van der Waals surface area (Å²) in [6.07, 6.45) is 2.23. The molecule has 0 unspecified atom stereocenters. The van der Waals surface area contributed by atoms with E-state index in [9.17, 15) is 18.4 Å². The average Bonchev–Trinajstić information content (AvgIpc) is 3.57. The zero-order valence-corrected chi connectivity index (χ0v) is 17.9. The van der Waals surface area contributed by atoms with Crippen LogP contribution in [0.4, 0.5) is 20.2 Å². The van der Waals surface area contributed by atoms with E-state index in [0.29, 0.717) is 34.9 Å². The Morgan fingerprint density at radius 3 is 2.38 bits per heavy atom. The zero-order valence-electron chi connectivity index (χ0n) is 17.0. The average molecular weight is 455 g/mol. The van der Waals surface area contributed by atoms with E-state index in [1.54, 1.807) is 19.2 Å². The molecule has 3 aromatic rings. The molecule has 1 aromatic heterocycles. The number of aryl methyl sites for hydroxylation is 1. The van der Waals surface area contributed by atoms with Crippen molar-refractivity contribution in [2.24, 2.45) is 5.41 Å². The summed E-state index contributed by atoms with van der Waals surface area (Å²) < 4.78 is 33.3. The summed E-state index contributed by atoms with van der Waals surface area (Å²) in [6, 6.07) is 10.8. The highest BCUT2D eigenvalue weighted by molar-refractivity contribution is 7.80. The molecule has 0 saturated heterocycles. The summed E-state index contributed by atoms with van der Waals surface area (Å²) >= 11 is 4.34. The molecule has 2 aromatic carbocycles. The minimum Gasteiger partial charge on any atom is -0.456 e. The molecule has 1 heterocycles. The van der Waals surface area contributed by atoms with Crippen molar-refractivity contribution in [1.29, 1.82) is 0 Å². The van der Waals surface area contributed by atoms with Gasteiger partial charge in [0.2, 0.25) is 11.8 Å². The highest BCUT2D eigenvalue weighted by atomic mass is 32.1. The number of hydrogen-bond acceptors (Lipinski definition) is 5. The normalized spacial score (nSPS) is 13.9. The van der Waals surface area contributed by atoms with Gasteiger partial charge in [0.15, 0.2) is 0 Å². The molecule has 1 aliphatic rings. The molecule has 2 N–H and O–H groups in total. The molecule has 6 nitrogen and oxygen atoms in total. The molecule has 0 atom stereocenters. The van der Waals surface area contributed by atoms with Crippen LogP contribution in [0.15, 0.2) is 59.6 Å². The van der Waals surface area contributed by atoms with Gasteiger partial charge in [-0.3, -0.25) is 14.6 Å². The van der Waals surface area contributed by atoms with Gasteiger partial charge in [-0.25, -0.2) is 8.78 Å². The third-order valence-electron chi connectivity index (χ3n) is 5.21. The number of pyridine rings is 1. The van der Waals surface area contributed by atoms with Crippen molar-refractivity contribution in [3.63, 3.8) is 0 Å². The summed E-state index contributed by atoms with van der Waals surface area (Å²) in [5.74, 6) is -1.63.